The third kappa shape index (κ3) is 4.06. The van der Waals surface area contributed by atoms with Crippen molar-refractivity contribution in [3.8, 4) is 0 Å². The number of halogens is 2. The van der Waals surface area contributed by atoms with Gasteiger partial charge in [-0.3, -0.25) is 19.3 Å². The number of likely N-dealkylation sites (N-methyl/N-ethyl adjacent to an activating group) is 1. The third-order valence-corrected chi connectivity index (χ3v) is 3.60. The molecular formula is C14H17BrClN3O3. The number of carbonyl (C=O) groups is 3. The van der Waals surface area contributed by atoms with Gasteiger partial charge >= 0.3 is 0 Å². The van der Waals surface area contributed by atoms with Gasteiger partial charge < -0.3 is 10.6 Å². The highest BCUT2D eigenvalue weighted by atomic mass is 79.9. The lowest BCUT2D eigenvalue weighted by atomic mass is 10.1. The smallest absolute Gasteiger partial charge is 0.262 e. The van der Waals surface area contributed by atoms with Crippen molar-refractivity contribution in [1.29, 1.82) is 0 Å². The quantitative estimate of drug-likeness (QED) is 0.565. The van der Waals surface area contributed by atoms with Crippen LogP contribution in [0.15, 0.2) is 22.7 Å². The van der Waals surface area contributed by atoms with Crippen molar-refractivity contribution in [2.45, 2.75) is 6.92 Å². The van der Waals surface area contributed by atoms with Crippen LogP contribution in [0.1, 0.15) is 27.6 Å². The molecule has 0 aliphatic carbocycles. The summed E-state index contributed by atoms with van der Waals surface area (Å²) in [4.78, 5) is 37.0. The van der Waals surface area contributed by atoms with E-state index in [4.69, 9.17) is 0 Å². The van der Waals surface area contributed by atoms with Crippen LogP contribution in [-0.2, 0) is 4.79 Å². The number of hydrogen-bond acceptors (Lipinski definition) is 4. The molecule has 3 amide bonds. The number of fused-ring (bicyclic) bond motifs is 1. The average molecular weight is 391 g/mol. The van der Waals surface area contributed by atoms with Crippen molar-refractivity contribution in [3.63, 3.8) is 0 Å². The minimum Gasteiger partial charge on any atom is -0.353 e. The van der Waals surface area contributed by atoms with Crippen LogP contribution >= 0.6 is 28.3 Å². The molecule has 1 aliphatic heterocycles. The zero-order valence-electron chi connectivity index (χ0n) is 12.0. The van der Waals surface area contributed by atoms with Crippen LogP contribution in [0.2, 0.25) is 0 Å². The molecule has 0 unspecified atom stereocenters. The Morgan fingerprint density at radius 2 is 1.86 bits per heavy atom. The standard InChI is InChI=1S/C14H16BrN3O3.ClH/c1-2-16-5-6-17-12(19)8-18-13(20)10-4-3-9(15)7-11(10)14(18)21;/h3-4,7,16H,2,5-6,8H2,1H3,(H,17,19);1H. The Labute approximate surface area is 143 Å². The molecule has 0 spiro atoms. The van der Waals surface area contributed by atoms with Crippen LogP contribution < -0.4 is 10.6 Å². The SMILES string of the molecule is CCNCCNC(=O)CN1C(=O)c2ccc(Br)cc2C1=O.Cl. The number of imide groups is 1. The fourth-order valence-electron chi connectivity index (χ4n) is 2.07. The van der Waals surface area contributed by atoms with E-state index in [1.165, 1.54) is 0 Å². The predicted octanol–water partition coefficient (Wildman–Crippen LogP) is 1.19. The second kappa shape index (κ2) is 8.26. The molecule has 0 saturated carbocycles. The van der Waals surface area contributed by atoms with E-state index >= 15 is 0 Å². The van der Waals surface area contributed by atoms with E-state index < -0.39 is 11.8 Å². The molecule has 0 aromatic heterocycles. The maximum atomic E-state index is 12.2. The Balaban J connectivity index is 0.00000242. The highest BCUT2D eigenvalue weighted by Gasteiger charge is 2.36. The third-order valence-electron chi connectivity index (χ3n) is 3.11. The molecule has 0 radical (unpaired) electrons. The van der Waals surface area contributed by atoms with E-state index in [9.17, 15) is 14.4 Å². The summed E-state index contributed by atoms with van der Waals surface area (Å²) in [5, 5.41) is 5.73. The van der Waals surface area contributed by atoms with Crippen LogP contribution in [0.5, 0.6) is 0 Å². The molecule has 0 bridgehead atoms. The highest BCUT2D eigenvalue weighted by Crippen LogP contribution is 2.25. The maximum absolute atomic E-state index is 12.2. The number of rotatable bonds is 6. The Hall–Kier alpha value is -1.44. The van der Waals surface area contributed by atoms with Gasteiger partial charge in [-0.15, -0.1) is 12.4 Å². The second-order valence-electron chi connectivity index (χ2n) is 4.59. The minimum atomic E-state index is -0.432. The van der Waals surface area contributed by atoms with Gasteiger partial charge in [-0.25, -0.2) is 0 Å². The zero-order chi connectivity index (χ0) is 15.4. The summed E-state index contributed by atoms with van der Waals surface area (Å²) >= 11 is 3.26. The number of nitrogens with one attached hydrogen (secondary N) is 2. The fourth-order valence-corrected chi connectivity index (χ4v) is 2.43. The number of nitrogens with zero attached hydrogens (tertiary/aromatic N) is 1. The normalized spacial score (nSPS) is 12.9. The Morgan fingerprint density at radius 1 is 1.18 bits per heavy atom. The van der Waals surface area contributed by atoms with Crippen LogP contribution in [0, 0.1) is 0 Å². The topological polar surface area (TPSA) is 78.5 Å². The van der Waals surface area contributed by atoms with E-state index in [2.05, 4.69) is 26.6 Å². The van der Waals surface area contributed by atoms with E-state index in [1.54, 1.807) is 18.2 Å². The summed E-state index contributed by atoms with van der Waals surface area (Å²) in [7, 11) is 0. The molecule has 22 heavy (non-hydrogen) atoms. The maximum Gasteiger partial charge on any atom is 0.262 e. The van der Waals surface area contributed by atoms with Crippen molar-refractivity contribution in [3.05, 3.63) is 33.8 Å². The van der Waals surface area contributed by atoms with Crippen molar-refractivity contribution >= 4 is 46.1 Å². The van der Waals surface area contributed by atoms with Gasteiger partial charge in [-0.2, -0.15) is 0 Å². The van der Waals surface area contributed by atoms with Gasteiger partial charge in [0.2, 0.25) is 5.91 Å². The predicted molar refractivity (Wildman–Crippen MR) is 88.3 cm³/mol. The number of benzene rings is 1. The fraction of sp³-hybridized carbons (Fsp3) is 0.357. The summed E-state index contributed by atoms with van der Waals surface area (Å²) in [6.45, 7) is 3.65. The summed E-state index contributed by atoms with van der Waals surface area (Å²) < 4.78 is 0.722. The number of amides is 3. The highest BCUT2D eigenvalue weighted by molar-refractivity contribution is 9.10. The molecule has 1 heterocycles. The number of carbonyl (C=O) groups excluding carboxylic acids is 3. The Kier molecular flexibility index (Phi) is 6.99. The summed E-state index contributed by atoms with van der Waals surface area (Å²) in [6.07, 6.45) is 0. The van der Waals surface area contributed by atoms with Gasteiger partial charge in [0.15, 0.2) is 0 Å². The van der Waals surface area contributed by atoms with Gasteiger partial charge in [0, 0.05) is 17.6 Å². The van der Waals surface area contributed by atoms with Crippen molar-refractivity contribution in [2.75, 3.05) is 26.2 Å². The monoisotopic (exact) mass is 389 g/mol. The van der Waals surface area contributed by atoms with Crippen LogP contribution in [0.3, 0.4) is 0 Å². The summed E-state index contributed by atoms with van der Waals surface area (Å²) in [5.41, 5.74) is 0.665. The van der Waals surface area contributed by atoms with Crippen molar-refractivity contribution < 1.29 is 14.4 Å². The second-order valence-corrected chi connectivity index (χ2v) is 5.51. The molecule has 8 heteroatoms. The first-order valence-electron chi connectivity index (χ1n) is 6.67. The molecule has 6 nitrogen and oxygen atoms in total. The molecule has 0 fully saturated rings. The molecular weight excluding hydrogens is 374 g/mol. The van der Waals surface area contributed by atoms with Gasteiger partial charge in [-0.1, -0.05) is 22.9 Å². The molecule has 2 N–H and O–H groups in total. The van der Waals surface area contributed by atoms with Crippen molar-refractivity contribution in [1.82, 2.24) is 15.5 Å². The molecule has 1 aromatic carbocycles. The Morgan fingerprint density at radius 3 is 2.55 bits per heavy atom. The molecule has 1 aromatic rings. The van der Waals surface area contributed by atoms with Crippen LogP contribution in [-0.4, -0.2) is 48.8 Å². The molecule has 120 valence electrons. The largest absolute Gasteiger partial charge is 0.353 e. The first-order chi connectivity index (χ1) is 10.0. The van der Waals surface area contributed by atoms with Crippen molar-refractivity contribution in [2.24, 2.45) is 0 Å². The lowest BCUT2D eigenvalue weighted by Gasteiger charge is -2.13. The van der Waals surface area contributed by atoms with Gasteiger partial charge in [0.1, 0.15) is 6.54 Å². The van der Waals surface area contributed by atoms with Gasteiger partial charge in [-0.05, 0) is 24.7 Å². The lowest BCUT2D eigenvalue weighted by Crippen LogP contribution is -2.42. The van der Waals surface area contributed by atoms with Crippen LogP contribution in [0.4, 0.5) is 0 Å². The van der Waals surface area contributed by atoms with E-state index in [0.29, 0.717) is 24.2 Å². The number of hydrogen-bond donors (Lipinski definition) is 2. The van der Waals surface area contributed by atoms with Gasteiger partial charge in [0.05, 0.1) is 11.1 Å². The summed E-state index contributed by atoms with van der Waals surface area (Å²) in [5.74, 6) is -1.20. The Bertz CT molecular complexity index is 595. The lowest BCUT2D eigenvalue weighted by molar-refractivity contribution is -0.121. The molecule has 0 atom stereocenters. The van der Waals surface area contributed by atoms with Gasteiger partial charge in [0.25, 0.3) is 11.8 Å². The molecule has 0 saturated heterocycles. The molecule has 1 aliphatic rings. The average Bonchev–Trinajstić information content (AvgIpc) is 2.68. The summed E-state index contributed by atoms with van der Waals surface area (Å²) in [6, 6.07) is 4.88. The molecule has 2 rings (SSSR count). The first-order valence-corrected chi connectivity index (χ1v) is 7.47. The first kappa shape index (κ1) is 18.6. The van der Waals surface area contributed by atoms with E-state index in [-0.39, 0.29) is 24.9 Å². The van der Waals surface area contributed by atoms with E-state index in [1.807, 2.05) is 6.92 Å². The minimum absolute atomic E-state index is 0. The van der Waals surface area contributed by atoms with Crippen LogP contribution in [0.25, 0.3) is 0 Å². The zero-order valence-corrected chi connectivity index (χ0v) is 14.4. The van der Waals surface area contributed by atoms with E-state index in [0.717, 1.165) is 15.9 Å².